The maximum Gasteiger partial charge on any atom is 0.289 e. The van der Waals surface area contributed by atoms with Crippen molar-refractivity contribution in [1.29, 1.82) is 0 Å². The van der Waals surface area contributed by atoms with Gasteiger partial charge in [0.15, 0.2) is 11.5 Å². The van der Waals surface area contributed by atoms with E-state index in [1.165, 1.54) is 24.5 Å². The van der Waals surface area contributed by atoms with Gasteiger partial charge in [0, 0.05) is 70.5 Å². The first-order valence-corrected chi connectivity index (χ1v) is 14.2. The van der Waals surface area contributed by atoms with Crippen molar-refractivity contribution in [2.45, 2.75) is 0 Å². The van der Waals surface area contributed by atoms with E-state index < -0.39 is 5.78 Å². The van der Waals surface area contributed by atoms with Crippen LogP contribution in [-0.4, -0.2) is 120 Å². The first kappa shape index (κ1) is 28.2. The number of carbonyl (C=O) groups excluding carboxylic acids is 5. The largest absolute Gasteiger partial charge is 0.459 e. The zero-order chi connectivity index (χ0) is 30.1. The standard InChI is InChI=1S/C31H31N5O7/c1-32(25(37)20-33-10-12-35(13-11-33)30(40)23-8-4-18-42-23)26-27(29(39)22-7-3-2-6-21(22)28(26)38)34-14-16-36(17-15-34)31(41)24-9-5-19-43-24/h2-9,18-19H,10-17,20H2,1H3. The van der Waals surface area contributed by atoms with Gasteiger partial charge >= 0.3 is 0 Å². The number of benzene rings is 1. The minimum Gasteiger partial charge on any atom is -0.459 e. The summed E-state index contributed by atoms with van der Waals surface area (Å²) in [7, 11) is 1.52. The number of hydrogen-bond acceptors (Lipinski definition) is 9. The SMILES string of the molecule is CN(C(=O)CN1CCN(C(=O)c2ccco2)CC1)C1=C(N2CCN(C(=O)c3ccco3)CC2)C(=O)c2ccccc2C1=O. The number of piperazine rings is 2. The number of hydrogen-bond donors (Lipinski definition) is 0. The average molecular weight is 586 g/mol. The molecule has 0 spiro atoms. The Bertz CT molecular complexity index is 1580. The molecule has 6 rings (SSSR count). The second kappa shape index (κ2) is 11.7. The maximum atomic E-state index is 13.8. The van der Waals surface area contributed by atoms with E-state index in [1.54, 1.807) is 63.2 Å². The van der Waals surface area contributed by atoms with Gasteiger partial charge in [-0.1, -0.05) is 24.3 Å². The van der Waals surface area contributed by atoms with Crippen LogP contribution >= 0.6 is 0 Å². The predicted molar refractivity (Wildman–Crippen MR) is 152 cm³/mol. The summed E-state index contributed by atoms with van der Waals surface area (Å²) < 4.78 is 10.5. The predicted octanol–water partition coefficient (Wildman–Crippen LogP) is 1.84. The molecule has 0 N–H and O–H groups in total. The molecule has 43 heavy (non-hydrogen) atoms. The number of fused-ring (bicyclic) bond motifs is 1. The summed E-state index contributed by atoms with van der Waals surface area (Å²) >= 11 is 0. The highest BCUT2D eigenvalue weighted by atomic mass is 16.3. The van der Waals surface area contributed by atoms with Crippen LogP contribution in [0.5, 0.6) is 0 Å². The molecule has 2 saturated heterocycles. The summed E-state index contributed by atoms with van der Waals surface area (Å²) in [6.07, 6.45) is 2.90. The number of ketones is 2. The van der Waals surface area contributed by atoms with Crippen LogP contribution in [0.25, 0.3) is 0 Å². The van der Waals surface area contributed by atoms with Gasteiger partial charge in [0.25, 0.3) is 11.8 Å². The van der Waals surface area contributed by atoms with E-state index in [4.69, 9.17) is 8.83 Å². The van der Waals surface area contributed by atoms with Crippen molar-refractivity contribution in [3.8, 4) is 0 Å². The second-order valence-electron chi connectivity index (χ2n) is 10.7. The highest BCUT2D eigenvalue weighted by molar-refractivity contribution is 6.27. The van der Waals surface area contributed by atoms with Gasteiger partial charge in [0.2, 0.25) is 17.5 Å². The Morgan fingerprint density at radius 2 is 1.21 bits per heavy atom. The molecular formula is C31H31N5O7. The van der Waals surface area contributed by atoms with E-state index in [2.05, 4.69) is 0 Å². The Kier molecular flexibility index (Phi) is 7.68. The lowest BCUT2D eigenvalue weighted by molar-refractivity contribution is -0.129. The van der Waals surface area contributed by atoms with E-state index in [1.807, 2.05) is 4.90 Å². The van der Waals surface area contributed by atoms with E-state index in [9.17, 15) is 24.0 Å². The summed E-state index contributed by atoms with van der Waals surface area (Å²) in [5.41, 5.74) is 0.741. The molecule has 12 nitrogen and oxygen atoms in total. The molecule has 0 unspecified atom stereocenters. The zero-order valence-corrected chi connectivity index (χ0v) is 23.7. The van der Waals surface area contributed by atoms with Gasteiger partial charge < -0.3 is 28.4 Å². The summed E-state index contributed by atoms with van der Waals surface area (Å²) in [4.78, 5) is 75.0. The van der Waals surface area contributed by atoms with Gasteiger partial charge in [-0.25, -0.2) is 0 Å². The lowest BCUT2D eigenvalue weighted by Crippen LogP contribution is -2.53. The van der Waals surface area contributed by atoms with Crippen molar-refractivity contribution < 1.29 is 32.8 Å². The van der Waals surface area contributed by atoms with Crippen LogP contribution in [-0.2, 0) is 4.79 Å². The van der Waals surface area contributed by atoms with Crippen molar-refractivity contribution >= 4 is 29.3 Å². The van der Waals surface area contributed by atoms with Crippen LogP contribution in [0.3, 0.4) is 0 Å². The fourth-order valence-electron chi connectivity index (χ4n) is 5.73. The Balaban J connectivity index is 1.19. The Hall–Kier alpha value is -4.97. The molecule has 3 amide bonds. The van der Waals surface area contributed by atoms with Gasteiger partial charge in [-0.3, -0.25) is 28.9 Å². The highest BCUT2D eigenvalue weighted by Gasteiger charge is 2.40. The third-order valence-corrected chi connectivity index (χ3v) is 8.15. The normalized spacial score (nSPS) is 17.7. The van der Waals surface area contributed by atoms with Crippen LogP contribution in [0.1, 0.15) is 41.8 Å². The lowest BCUT2D eigenvalue weighted by atomic mass is 9.89. The summed E-state index contributed by atoms with van der Waals surface area (Å²) in [5, 5.41) is 0. The van der Waals surface area contributed by atoms with Crippen LogP contribution in [0.4, 0.5) is 0 Å². The van der Waals surface area contributed by atoms with Crippen LogP contribution in [0.2, 0.25) is 0 Å². The van der Waals surface area contributed by atoms with Gasteiger partial charge in [-0.2, -0.15) is 0 Å². The van der Waals surface area contributed by atoms with E-state index in [-0.39, 0.29) is 58.5 Å². The third-order valence-electron chi connectivity index (χ3n) is 8.15. The fraction of sp³-hybridized carbons (Fsp3) is 0.323. The van der Waals surface area contributed by atoms with E-state index >= 15 is 0 Å². The van der Waals surface area contributed by atoms with Crippen LogP contribution < -0.4 is 0 Å². The maximum absolute atomic E-state index is 13.8. The molecule has 222 valence electrons. The molecule has 0 bridgehead atoms. The minimum atomic E-state index is -0.399. The third kappa shape index (κ3) is 5.37. The number of likely N-dealkylation sites (N-methyl/N-ethyl adjacent to an activating group) is 1. The number of amides is 3. The quantitative estimate of drug-likeness (QED) is 0.426. The van der Waals surface area contributed by atoms with Crippen molar-refractivity contribution in [3.63, 3.8) is 0 Å². The minimum absolute atomic E-state index is 0.0185. The van der Waals surface area contributed by atoms with E-state index in [0.717, 1.165) is 0 Å². The summed E-state index contributed by atoms with van der Waals surface area (Å²) in [5.74, 6) is -0.999. The topological polar surface area (TPSA) is 128 Å². The molecule has 2 fully saturated rings. The Morgan fingerprint density at radius 1 is 0.698 bits per heavy atom. The first-order chi connectivity index (χ1) is 20.8. The molecule has 3 aliphatic rings. The van der Waals surface area contributed by atoms with Crippen LogP contribution in [0.15, 0.2) is 81.3 Å². The van der Waals surface area contributed by atoms with E-state index in [0.29, 0.717) is 57.9 Å². The number of Topliss-reactive ketones (excluding diaryl/α,β-unsaturated/α-hetero) is 2. The lowest BCUT2D eigenvalue weighted by Gasteiger charge is -2.39. The van der Waals surface area contributed by atoms with Gasteiger partial charge in [-0.15, -0.1) is 0 Å². The zero-order valence-electron chi connectivity index (χ0n) is 23.7. The van der Waals surface area contributed by atoms with Crippen LogP contribution in [0, 0.1) is 0 Å². The summed E-state index contributed by atoms with van der Waals surface area (Å²) in [6.45, 7) is 3.06. The van der Waals surface area contributed by atoms with Crippen molar-refractivity contribution in [3.05, 3.63) is 95.1 Å². The number of nitrogens with zero attached hydrogens (tertiary/aromatic N) is 5. The molecule has 1 aliphatic carbocycles. The van der Waals surface area contributed by atoms with Gasteiger partial charge in [0.1, 0.15) is 11.4 Å². The van der Waals surface area contributed by atoms with Crippen molar-refractivity contribution in [2.75, 3.05) is 66.0 Å². The molecule has 2 aliphatic heterocycles. The molecular weight excluding hydrogens is 554 g/mol. The molecule has 3 aromatic rings. The fourth-order valence-corrected chi connectivity index (χ4v) is 5.73. The molecule has 12 heteroatoms. The Labute approximate surface area is 247 Å². The second-order valence-corrected chi connectivity index (χ2v) is 10.7. The highest BCUT2D eigenvalue weighted by Crippen LogP contribution is 2.31. The molecule has 4 heterocycles. The van der Waals surface area contributed by atoms with Crippen molar-refractivity contribution in [1.82, 2.24) is 24.5 Å². The molecule has 1 aromatic carbocycles. The van der Waals surface area contributed by atoms with Gasteiger partial charge in [-0.05, 0) is 24.3 Å². The molecule has 0 atom stereocenters. The first-order valence-electron chi connectivity index (χ1n) is 14.2. The number of carbonyl (C=O) groups is 5. The number of rotatable bonds is 6. The number of allylic oxidation sites excluding steroid dienone is 2. The number of furan rings is 2. The molecule has 0 saturated carbocycles. The van der Waals surface area contributed by atoms with Gasteiger partial charge in [0.05, 0.1) is 19.1 Å². The average Bonchev–Trinajstić information content (AvgIpc) is 3.78. The van der Waals surface area contributed by atoms with Crippen molar-refractivity contribution in [2.24, 2.45) is 0 Å². The Morgan fingerprint density at radius 3 is 1.72 bits per heavy atom. The monoisotopic (exact) mass is 585 g/mol. The summed E-state index contributed by atoms with van der Waals surface area (Å²) in [6, 6.07) is 13.2. The molecule has 0 radical (unpaired) electrons. The molecule has 2 aromatic heterocycles. The smallest absolute Gasteiger partial charge is 0.289 e.